The van der Waals surface area contributed by atoms with Crippen molar-refractivity contribution in [2.75, 3.05) is 9.80 Å². The van der Waals surface area contributed by atoms with E-state index in [2.05, 4.69) is 316 Å². The Morgan fingerprint density at radius 2 is 1.08 bits per heavy atom. The van der Waals surface area contributed by atoms with Gasteiger partial charge < -0.3 is 19.1 Å². The van der Waals surface area contributed by atoms with Crippen molar-refractivity contribution in [2.45, 2.75) is 118 Å². The quantitative estimate of drug-likeness (QED) is 0.135. The van der Waals surface area contributed by atoms with Gasteiger partial charge in [0.05, 0.1) is 0 Å². The molecule has 0 N–H and O–H groups in total. The second-order valence-electron chi connectivity index (χ2n) is 30.8. The fourth-order valence-electron chi connectivity index (χ4n) is 15.7. The number of ether oxygens (including phenoxy) is 1. The van der Waals surface area contributed by atoms with E-state index in [1.807, 2.05) is 24.4 Å². The molecule has 1 spiro atoms. The molecule has 0 atom stereocenters. The van der Waals surface area contributed by atoms with E-state index < -0.39 is 12.3 Å². The van der Waals surface area contributed by atoms with Crippen molar-refractivity contribution >= 4 is 44.6 Å². The number of fused-ring (bicyclic) bond motifs is 15. The molecule has 0 fully saturated rings. The van der Waals surface area contributed by atoms with E-state index in [9.17, 15) is 0 Å². The van der Waals surface area contributed by atoms with E-state index in [1.165, 1.54) is 55.6 Å². The van der Waals surface area contributed by atoms with Crippen LogP contribution in [0.2, 0.25) is 0 Å². The molecule has 2 aromatic heterocycles. The van der Waals surface area contributed by atoms with E-state index in [0.717, 1.165) is 95.5 Å². The number of aromatic nitrogens is 2. The van der Waals surface area contributed by atoms with Crippen LogP contribution in [-0.4, -0.2) is 9.55 Å². The van der Waals surface area contributed by atoms with Crippen molar-refractivity contribution < 1.29 is 29.9 Å². The van der Waals surface area contributed by atoms with Crippen molar-refractivity contribution in [3.05, 3.63) is 306 Å². The predicted octanol–water partition coefficient (Wildman–Crippen LogP) is 24.1. The molecule has 11 aromatic carbocycles. The molecule has 0 bridgehead atoms. The van der Waals surface area contributed by atoms with Gasteiger partial charge in [0.25, 0.3) is 0 Å². The van der Waals surface area contributed by atoms with Gasteiger partial charge in [-0.1, -0.05) is 293 Å². The number of nitrogens with zero attached hydrogens (tertiary/aromatic N) is 4. The first kappa shape index (κ1) is 59.9. The number of rotatable bonds is 9. The molecule has 0 radical (unpaired) electrons. The van der Waals surface area contributed by atoms with Crippen LogP contribution in [0.5, 0.6) is 11.5 Å². The smallest absolute Gasteiger partial charge is 0.135 e. The maximum atomic E-state index is 8.33. The number of hydrogen-bond acceptors (Lipinski definition) is 4. The maximum absolute atomic E-state index is 8.33. The average Bonchev–Trinajstić information content (AvgIpc) is 1.49. The molecule has 1 aliphatic heterocycles. The summed E-state index contributed by atoms with van der Waals surface area (Å²) in [4.78, 5) is 10.1. The number of hydrogen-bond donors (Lipinski definition) is 0. The molecule has 13 aromatic rings. The second-order valence-corrected chi connectivity index (χ2v) is 30.8. The van der Waals surface area contributed by atoms with Crippen LogP contribution in [0.25, 0.3) is 83.3 Å². The van der Waals surface area contributed by atoms with E-state index in [0.29, 0.717) is 17.3 Å². The summed E-state index contributed by atoms with van der Waals surface area (Å²) in [5.41, 5.74) is 25.2. The molecule has 16 rings (SSSR count). The molecule has 6 heteroatoms. The van der Waals surface area contributed by atoms with Gasteiger partial charge in [0.2, 0.25) is 0 Å². The van der Waals surface area contributed by atoms with Crippen LogP contribution in [0.4, 0.5) is 22.7 Å². The third-order valence-electron chi connectivity index (χ3n) is 20.0. The zero-order chi connectivity index (χ0) is 68.9. The molecule has 0 saturated heterocycles. The number of pyridine rings is 1. The van der Waals surface area contributed by atoms with Gasteiger partial charge in [-0.2, -0.15) is 6.07 Å². The summed E-state index contributed by atoms with van der Waals surface area (Å²) < 4.78 is 35.0. The monoisotopic (exact) mass is 1440 g/mol. The van der Waals surface area contributed by atoms with E-state index in [1.54, 1.807) is 12.1 Å². The Labute approximate surface area is 592 Å². The fraction of sp³-hybridized carbons (Fsp3) is 0.209. The molecule has 3 heterocycles. The minimum absolute atomic E-state index is 0. The zero-order valence-corrected chi connectivity index (χ0v) is 59.6. The molecule has 0 amide bonds. The minimum atomic E-state index is -2.27. The van der Waals surface area contributed by atoms with Crippen molar-refractivity contribution in [1.82, 2.24) is 9.55 Å². The molecule has 484 valence electrons. The summed E-state index contributed by atoms with van der Waals surface area (Å²) in [7, 11) is 0. The Morgan fingerprint density at radius 3 is 1.75 bits per heavy atom. The molecule has 0 saturated carbocycles. The van der Waals surface area contributed by atoms with Crippen LogP contribution in [-0.2, 0) is 49.1 Å². The molecule has 0 unspecified atom stereocenters. The van der Waals surface area contributed by atoms with Gasteiger partial charge in [-0.15, -0.1) is 42.2 Å². The largest absolute Gasteiger partial charge is 0.509 e. The third kappa shape index (κ3) is 10.5. The number of benzene rings is 11. The van der Waals surface area contributed by atoms with Gasteiger partial charge in [0.15, 0.2) is 0 Å². The van der Waals surface area contributed by atoms with E-state index in [-0.39, 0.29) is 48.3 Å². The number of anilines is 4. The summed E-state index contributed by atoms with van der Waals surface area (Å²) >= 11 is 0. The van der Waals surface area contributed by atoms with E-state index in [4.69, 9.17) is 13.8 Å². The summed E-state index contributed by atoms with van der Waals surface area (Å²) in [6.07, 6.45) is 2.83. The van der Waals surface area contributed by atoms with Crippen molar-refractivity contribution in [3.8, 4) is 73.0 Å². The predicted molar refractivity (Wildman–Crippen MR) is 401 cm³/mol. The number of aryl methyl sites for hydroxylation is 1. The van der Waals surface area contributed by atoms with Crippen molar-refractivity contribution in [3.63, 3.8) is 0 Å². The Bertz CT molecular complexity index is 5360. The first-order valence-corrected chi connectivity index (χ1v) is 33.8. The van der Waals surface area contributed by atoms with Crippen LogP contribution >= 0.6 is 0 Å². The topological polar surface area (TPSA) is 33.5 Å². The molecule has 2 aliphatic carbocycles. The van der Waals surface area contributed by atoms with Crippen molar-refractivity contribution in [1.29, 1.82) is 0 Å². The summed E-state index contributed by atoms with van der Waals surface area (Å²) in [6, 6.07) is 91.0. The standard InChI is InChI=1S/C91H81N4O.Pt/c1-57-29-26-31-58(47-57)72-55-92-82(52-76(72)90(11,12)13)95-77-44-23-19-38-71(77)83-80(95)53-81(85-84(83)70-37-18-22-43-75(70)91(85)73-41-20-16-35-67(73)68-36-17-21-42-74(68)91)96-64-33-27-32-63(51-64)93-56-94(79-46-25-24-45-78(79)93)86-66(60-48-61(88(5,6)7)50-62(49-60)89(8,9)10)39-28-40-69(86)65-34-15-14-30-59(65)54-87(2,3)4;/h14-50,52,55-56H,54H2,1-13H3;/q-3;/i1D3;. The van der Waals surface area contributed by atoms with Crippen LogP contribution in [0.1, 0.15) is 137 Å². The summed E-state index contributed by atoms with van der Waals surface area (Å²) in [5.74, 6) is 1.83. The Morgan fingerprint density at radius 1 is 0.505 bits per heavy atom. The first-order chi connectivity index (χ1) is 47.3. The maximum Gasteiger partial charge on any atom is 0.135 e. The van der Waals surface area contributed by atoms with Crippen LogP contribution in [0.15, 0.2) is 237 Å². The first-order valence-electron chi connectivity index (χ1n) is 35.3. The fourth-order valence-corrected chi connectivity index (χ4v) is 15.7. The molecule has 3 aliphatic rings. The van der Waals surface area contributed by atoms with Crippen LogP contribution in [0.3, 0.4) is 0 Å². The van der Waals surface area contributed by atoms with Gasteiger partial charge in [0, 0.05) is 87.6 Å². The van der Waals surface area contributed by atoms with Gasteiger partial charge in [-0.25, -0.2) is 4.98 Å². The second kappa shape index (κ2) is 23.3. The van der Waals surface area contributed by atoms with Gasteiger partial charge in [-0.05, 0) is 137 Å². The van der Waals surface area contributed by atoms with Gasteiger partial charge in [-0.3, -0.25) is 0 Å². The van der Waals surface area contributed by atoms with Gasteiger partial charge >= 0.3 is 0 Å². The molecular formula is C91H81N4OPt-3. The number of para-hydroxylation sites is 4. The summed E-state index contributed by atoms with van der Waals surface area (Å²) in [6.45, 7) is 27.5. The Kier molecular flexibility index (Phi) is 14.4. The summed E-state index contributed by atoms with van der Waals surface area (Å²) in [5, 5.41) is 2.11. The van der Waals surface area contributed by atoms with Crippen molar-refractivity contribution in [2.24, 2.45) is 5.41 Å². The third-order valence-corrected chi connectivity index (χ3v) is 20.0. The average molecular weight is 1440 g/mol. The van der Waals surface area contributed by atoms with Gasteiger partial charge in [0.1, 0.15) is 5.82 Å². The molecule has 5 nitrogen and oxygen atoms in total. The minimum Gasteiger partial charge on any atom is -0.509 e. The zero-order valence-electron chi connectivity index (χ0n) is 60.3. The normalized spacial score (nSPS) is 14.4. The van der Waals surface area contributed by atoms with E-state index >= 15 is 0 Å². The SMILES string of the molecule is [2H]C([2H])([2H])c1cccc(-c2cnc(-n3c4[c-]c(Oc5[c-]c(N6[CH-]N(c7c(-c8cc(C(C)(C)C)cc(C(C)(C)C)c8)cccc7-c7ccccc7CC(C)(C)C)c7ccccc76)ccc5)c5c(c4c4ccccc43)-c3ccccc3C53c4ccccc4-c4ccccc43)cc2C(C)(C)C)c1.[Pt]. The molecular weight excluding hydrogens is 1360 g/mol. The van der Waals surface area contributed by atoms with Crippen LogP contribution in [0, 0.1) is 31.1 Å². The Hall–Kier alpha value is -9.54. The van der Waals surface area contributed by atoms with Crippen LogP contribution < -0.4 is 14.5 Å². The molecule has 97 heavy (non-hydrogen) atoms. The Balaban J connectivity index is 0.00000812.